The molecule has 0 spiro atoms. The zero-order valence-corrected chi connectivity index (χ0v) is 14.8. The molecule has 0 saturated carbocycles. The van der Waals surface area contributed by atoms with E-state index in [1.165, 1.54) is 0 Å². The molecular weight excluding hydrogens is 318 g/mol. The smallest absolute Gasteiger partial charge is 0.254 e. The Morgan fingerprint density at radius 2 is 2.04 bits per heavy atom. The van der Waals surface area contributed by atoms with Crippen molar-refractivity contribution in [1.82, 2.24) is 14.9 Å². The van der Waals surface area contributed by atoms with Gasteiger partial charge >= 0.3 is 0 Å². The molecule has 1 aliphatic rings. The first-order valence-corrected chi connectivity index (χ1v) is 8.43. The fourth-order valence-electron chi connectivity index (χ4n) is 3.54. The van der Waals surface area contributed by atoms with Crippen LogP contribution < -0.4 is 5.56 Å². The van der Waals surface area contributed by atoms with Crippen molar-refractivity contribution in [2.24, 2.45) is 0 Å². The minimum atomic E-state index is -1.03. The SMILES string of the molecule is Cc1nc(C)c(CC(=O)N2CC[C@](O)(c3ccccc3C)C2)c(=O)[nH]1. The molecule has 1 amide bonds. The van der Waals surface area contributed by atoms with E-state index >= 15 is 0 Å². The van der Waals surface area contributed by atoms with Crippen LogP contribution in [0, 0.1) is 20.8 Å². The van der Waals surface area contributed by atoms with Gasteiger partial charge in [0.15, 0.2) is 0 Å². The topological polar surface area (TPSA) is 86.3 Å². The summed E-state index contributed by atoms with van der Waals surface area (Å²) in [6.07, 6.45) is 0.489. The molecule has 1 atom stereocenters. The Morgan fingerprint density at radius 3 is 2.72 bits per heavy atom. The van der Waals surface area contributed by atoms with Gasteiger partial charge < -0.3 is 15.0 Å². The summed E-state index contributed by atoms with van der Waals surface area (Å²) in [7, 11) is 0. The minimum Gasteiger partial charge on any atom is -0.383 e. The molecule has 132 valence electrons. The van der Waals surface area contributed by atoms with E-state index in [0.29, 0.717) is 30.0 Å². The number of aliphatic hydroxyl groups is 1. The third-order valence-corrected chi connectivity index (χ3v) is 4.92. The summed E-state index contributed by atoms with van der Waals surface area (Å²) in [4.78, 5) is 33.2. The Balaban J connectivity index is 1.78. The number of H-pyrrole nitrogens is 1. The van der Waals surface area contributed by atoms with Gasteiger partial charge in [-0.05, 0) is 38.3 Å². The summed E-state index contributed by atoms with van der Waals surface area (Å²) < 4.78 is 0. The maximum absolute atomic E-state index is 12.6. The van der Waals surface area contributed by atoms with Crippen molar-refractivity contribution in [3.8, 4) is 0 Å². The Kier molecular flexibility index (Phi) is 4.47. The fraction of sp³-hybridized carbons (Fsp3) is 0.421. The average molecular weight is 341 g/mol. The van der Waals surface area contributed by atoms with Crippen LogP contribution in [0.2, 0.25) is 0 Å². The van der Waals surface area contributed by atoms with Gasteiger partial charge in [-0.15, -0.1) is 0 Å². The van der Waals surface area contributed by atoms with Crippen LogP contribution in [0.5, 0.6) is 0 Å². The minimum absolute atomic E-state index is 0.00169. The van der Waals surface area contributed by atoms with Crippen molar-refractivity contribution in [2.75, 3.05) is 13.1 Å². The van der Waals surface area contributed by atoms with Crippen LogP contribution in [0.4, 0.5) is 0 Å². The van der Waals surface area contributed by atoms with E-state index in [9.17, 15) is 14.7 Å². The van der Waals surface area contributed by atoms with Gasteiger partial charge in [-0.3, -0.25) is 9.59 Å². The number of aryl methyl sites for hydroxylation is 3. The van der Waals surface area contributed by atoms with E-state index in [1.54, 1.807) is 18.7 Å². The van der Waals surface area contributed by atoms with Crippen LogP contribution in [0.25, 0.3) is 0 Å². The van der Waals surface area contributed by atoms with Gasteiger partial charge in [0.05, 0.1) is 13.0 Å². The van der Waals surface area contributed by atoms with Crippen LogP contribution in [-0.2, 0) is 16.8 Å². The quantitative estimate of drug-likeness (QED) is 0.882. The largest absolute Gasteiger partial charge is 0.383 e. The van der Waals surface area contributed by atoms with Gasteiger partial charge in [0, 0.05) is 17.8 Å². The highest BCUT2D eigenvalue weighted by Crippen LogP contribution is 2.33. The second kappa shape index (κ2) is 6.44. The lowest BCUT2D eigenvalue weighted by atomic mass is 9.89. The summed E-state index contributed by atoms with van der Waals surface area (Å²) >= 11 is 0. The summed E-state index contributed by atoms with van der Waals surface area (Å²) in [6, 6.07) is 7.69. The zero-order chi connectivity index (χ0) is 18.2. The number of carbonyl (C=O) groups is 1. The normalized spacial score (nSPS) is 20.1. The standard InChI is InChI=1S/C19H23N3O3/c1-12-6-4-5-7-16(12)19(25)8-9-22(11-19)17(23)10-15-13(2)20-14(3)21-18(15)24/h4-7,25H,8-11H2,1-3H3,(H,20,21,24)/t19-/m1/s1. The third kappa shape index (κ3) is 3.35. The number of likely N-dealkylation sites (tertiary alicyclic amines) is 1. The van der Waals surface area contributed by atoms with Gasteiger partial charge in [0.1, 0.15) is 11.4 Å². The first-order chi connectivity index (χ1) is 11.8. The van der Waals surface area contributed by atoms with Crippen molar-refractivity contribution in [2.45, 2.75) is 39.2 Å². The number of β-amino-alcohol motifs (C(OH)–C–C–N with tert-alkyl or cyclic N) is 1. The molecule has 1 aromatic heterocycles. The first kappa shape index (κ1) is 17.4. The van der Waals surface area contributed by atoms with Crippen molar-refractivity contribution in [3.63, 3.8) is 0 Å². The van der Waals surface area contributed by atoms with E-state index in [0.717, 1.165) is 11.1 Å². The Bertz CT molecular complexity index is 874. The lowest BCUT2D eigenvalue weighted by Crippen LogP contribution is -2.36. The molecule has 6 heteroatoms. The lowest BCUT2D eigenvalue weighted by molar-refractivity contribution is -0.130. The van der Waals surface area contributed by atoms with Gasteiger partial charge in [0.25, 0.3) is 5.56 Å². The van der Waals surface area contributed by atoms with Crippen LogP contribution in [0.3, 0.4) is 0 Å². The fourth-order valence-corrected chi connectivity index (χ4v) is 3.54. The number of nitrogens with one attached hydrogen (secondary N) is 1. The average Bonchev–Trinajstić information content (AvgIpc) is 2.94. The van der Waals surface area contributed by atoms with E-state index in [-0.39, 0.29) is 24.4 Å². The highest BCUT2D eigenvalue weighted by Gasteiger charge is 2.40. The molecule has 1 fully saturated rings. The molecule has 2 N–H and O–H groups in total. The predicted molar refractivity (Wildman–Crippen MR) is 94.3 cm³/mol. The molecule has 0 radical (unpaired) electrons. The summed E-state index contributed by atoms with van der Waals surface area (Å²) in [5.41, 5.74) is 1.52. The first-order valence-electron chi connectivity index (χ1n) is 8.43. The van der Waals surface area contributed by atoms with Crippen LogP contribution in [-0.4, -0.2) is 39.0 Å². The van der Waals surface area contributed by atoms with Crippen molar-refractivity contribution >= 4 is 5.91 Å². The van der Waals surface area contributed by atoms with Gasteiger partial charge in [0.2, 0.25) is 5.91 Å². The highest BCUT2D eigenvalue weighted by atomic mass is 16.3. The number of aromatic nitrogens is 2. The number of benzene rings is 1. The van der Waals surface area contributed by atoms with E-state index in [2.05, 4.69) is 9.97 Å². The highest BCUT2D eigenvalue weighted by molar-refractivity contribution is 5.79. The van der Waals surface area contributed by atoms with Crippen LogP contribution in [0.1, 0.15) is 34.6 Å². The molecule has 1 aliphatic heterocycles. The van der Waals surface area contributed by atoms with Gasteiger partial charge in [-0.25, -0.2) is 4.98 Å². The Labute approximate surface area is 146 Å². The van der Waals surface area contributed by atoms with Gasteiger partial charge in [-0.2, -0.15) is 0 Å². The molecule has 25 heavy (non-hydrogen) atoms. The van der Waals surface area contributed by atoms with Crippen molar-refractivity contribution in [3.05, 3.63) is 62.8 Å². The molecule has 0 unspecified atom stereocenters. The molecule has 0 bridgehead atoms. The number of rotatable bonds is 3. The van der Waals surface area contributed by atoms with Crippen LogP contribution >= 0.6 is 0 Å². The monoisotopic (exact) mass is 341 g/mol. The Morgan fingerprint density at radius 1 is 1.32 bits per heavy atom. The molecule has 1 aromatic carbocycles. The summed E-state index contributed by atoms with van der Waals surface area (Å²) in [6.45, 7) is 6.12. The molecule has 2 aromatic rings. The second-order valence-electron chi connectivity index (χ2n) is 6.80. The summed E-state index contributed by atoms with van der Waals surface area (Å²) in [5.74, 6) is 0.373. The molecule has 0 aliphatic carbocycles. The number of carbonyl (C=O) groups excluding carboxylic acids is 1. The van der Waals surface area contributed by atoms with Crippen molar-refractivity contribution in [1.29, 1.82) is 0 Å². The number of hydrogen-bond acceptors (Lipinski definition) is 4. The van der Waals surface area contributed by atoms with Gasteiger partial charge in [-0.1, -0.05) is 24.3 Å². The number of amides is 1. The molecule has 1 saturated heterocycles. The van der Waals surface area contributed by atoms with E-state index in [4.69, 9.17) is 0 Å². The predicted octanol–water partition coefficient (Wildman–Crippen LogP) is 1.36. The van der Waals surface area contributed by atoms with E-state index < -0.39 is 5.60 Å². The van der Waals surface area contributed by atoms with Crippen LogP contribution in [0.15, 0.2) is 29.1 Å². The van der Waals surface area contributed by atoms with E-state index in [1.807, 2.05) is 31.2 Å². The number of hydrogen-bond donors (Lipinski definition) is 2. The zero-order valence-electron chi connectivity index (χ0n) is 14.8. The van der Waals surface area contributed by atoms with Crippen molar-refractivity contribution < 1.29 is 9.90 Å². The molecule has 3 rings (SSSR count). The molecule has 2 heterocycles. The molecular formula is C19H23N3O3. The molecule has 6 nitrogen and oxygen atoms in total. The lowest BCUT2D eigenvalue weighted by Gasteiger charge is -2.25. The second-order valence-corrected chi connectivity index (χ2v) is 6.80. The summed E-state index contributed by atoms with van der Waals surface area (Å²) in [5, 5.41) is 11.0. The maximum atomic E-state index is 12.6. The Hall–Kier alpha value is -2.47. The number of nitrogens with zero attached hydrogens (tertiary/aromatic N) is 2. The number of aromatic amines is 1. The third-order valence-electron chi connectivity index (χ3n) is 4.92. The maximum Gasteiger partial charge on any atom is 0.254 e.